The Kier molecular flexibility index (Phi) is 9.01. The zero-order chi connectivity index (χ0) is 21.3. The topological polar surface area (TPSA) is 59.0 Å². The van der Waals surface area contributed by atoms with Crippen molar-refractivity contribution in [2.75, 3.05) is 26.3 Å². The van der Waals surface area contributed by atoms with Gasteiger partial charge in [0, 0.05) is 34.2 Å². The molecule has 0 radical (unpaired) electrons. The van der Waals surface area contributed by atoms with Gasteiger partial charge in [0.1, 0.15) is 19.0 Å². The van der Waals surface area contributed by atoms with Crippen LogP contribution in [0.2, 0.25) is 0 Å². The van der Waals surface area contributed by atoms with Gasteiger partial charge >= 0.3 is 0 Å². The third-order valence-electron chi connectivity index (χ3n) is 6.56. The van der Waals surface area contributed by atoms with Gasteiger partial charge in [0.2, 0.25) is 0 Å². The van der Waals surface area contributed by atoms with Crippen LogP contribution in [0, 0.1) is 5.92 Å². The summed E-state index contributed by atoms with van der Waals surface area (Å²) in [7, 11) is 0. The SMILES string of the molecule is CCCCCCCC(=O)C[C@H](CN1CCC[C@H]1C)[C@@H](O)c1ccc2c(c1)OCCO2.[HH].[HH]. The molecule has 5 heteroatoms. The number of hydrogen-bond acceptors (Lipinski definition) is 5. The normalized spacial score (nSPS) is 20.8. The van der Waals surface area contributed by atoms with Crippen molar-refractivity contribution >= 4 is 5.78 Å². The molecule has 0 spiro atoms. The first-order valence-corrected chi connectivity index (χ1v) is 11.9. The number of carbonyl (C=O) groups is 1. The number of nitrogens with zero attached hydrogens (tertiary/aromatic N) is 1. The Labute approximate surface area is 184 Å². The molecule has 1 aromatic rings. The van der Waals surface area contributed by atoms with Gasteiger partial charge in [0.05, 0.1) is 6.10 Å². The number of ketones is 1. The van der Waals surface area contributed by atoms with Crippen LogP contribution in [0.25, 0.3) is 0 Å². The molecule has 3 atom stereocenters. The fourth-order valence-electron chi connectivity index (χ4n) is 4.68. The van der Waals surface area contributed by atoms with Crippen LogP contribution in [0.3, 0.4) is 0 Å². The fourth-order valence-corrected chi connectivity index (χ4v) is 4.68. The highest BCUT2D eigenvalue weighted by atomic mass is 16.6. The zero-order valence-electron chi connectivity index (χ0n) is 18.8. The highest BCUT2D eigenvalue weighted by molar-refractivity contribution is 5.78. The van der Waals surface area contributed by atoms with Crippen molar-refractivity contribution < 1.29 is 22.2 Å². The maximum absolute atomic E-state index is 12.7. The maximum atomic E-state index is 12.7. The molecule has 0 saturated carbocycles. The first kappa shape index (κ1) is 23.1. The number of fused-ring (bicyclic) bond motifs is 1. The number of aliphatic hydroxyl groups is 1. The number of hydrogen-bond donors (Lipinski definition) is 1. The van der Waals surface area contributed by atoms with Crippen LogP contribution in [0.5, 0.6) is 11.5 Å². The molecule has 0 amide bonds. The molecular weight excluding hydrogens is 378 g/mol. The standard InChI is InChI=1S/C25H39NO4.2H2/c1-3-4-5-6-7-10-22(27)16-21(18-26-13-8-9-19(26)2)25(28)20-11-12-23-24(17-20)30-15-14-29-23;;/h11-12,17,19,21,25,28H,3-10,13-16,18H2,1-2H3;2*1H/t19-,21-,25+;;/m1../s1. The lowest BCUT2D eigenvalue weighted by molar-refractivity contribution is -0.121. The van der Waals surface area contributed by atoms with Crippen molar-refractivity contribution in [1.82, 2.24) is 4.90 Å². The molecule has 3 rings (SSSR count). The van der Waals surface area contributed by atoms with Crippen LogP contribution in [0.4, 0.5) is 0 Å². The molecule has 2 aliphatic rings. The monoisotopic (exact) mass is 421 g/mol. The minimum Gasteiger partial charge on any atom is -0.486 e. The molecule has 0 unspecified atom stereocenters. The van der Waals surface area contributed by atoms with Gasteiger partial charge in [0.15, 0.2) is 11.5 Å². The molecule has 1 aromatic carbocycles. The third kappa shape index (κ3) is 6.45. The predicted molar refractivity (Wildman–Crippen MR) is 123 cm³/mol. The summed E-state index contributed by atoms with van der Waals surface area (Å²) in [6.07, 6.45) is 8.52. The van der Waals surface area contributed by atoms with E-state index < -0.39 is 6.10 Å². The zero-order valence-corrected chi connectivity index (χ0v) is 18.8. The largest absolute Gasteiger partial charge is 0.486 e. The molecule has 172 valence electrons. The van der Waals surface area contributed by atoms with Crippen LogP contribution in [-0.4, -0.2) is 48.1 Å². The van der Waals surface area contributed by atoms with E-state index in [9.17, 15) is 9.90 Å². The number of unbranched alkanes of at least 4 members (excludes halogenated alkanes) is 4. The molecule has 5 nitrogen and oxygen atoms in total. The minimum atomic E-state index is -0.683. The summed E-state index contributed by atoms with van der Waals surface area (Å²) < 4.78 is 11.3. The van der Waals surface area contributed by atoms with Gasteiger partial charge in [-0.15, -0.1) is 0 Å². The average Bonchev–Trinajstić information content (AvgIpc) is 3.16. The van der Waals surface area contributed by atoms with Crippen LogP contribution in [0.15, 0.2) is 18.2 Å². The lowest BCUT2D eigenvalue weighted by Gasteiger charge is -2.30. The van der Waals surface area contributed by atoms with Gasteiger partial charge < -0.3 is 19.5 Å². The predicted octanol–water partition coefficient (Wildman–Crippen LogP) is 5.40. The Hall–Kier alpha value is -1.59. The van der Waals surface area contributed by atoms with Crippen LogP contribution in [-0.2, 0) is 4.79 Å². The van der Waals surface area contributed by atoms with Crippen LogP contribution in [0.1, 0.15) is 86.2 Å². The Bertz CT molecular complexity index is 688. The van der Waals surface area contributed by atoms with E-state index in [1.54, 1.807) is 0 Å². The summed E-state index contributed by atoms with van der Waals surface area (Å²) in [6.45, 7) is 7.34. The van der Waals surface area contributed by atoms with Crippen molar-refractivity contribution in [3.05, 3.63) is 23.8 Å². The Balaban J connectivity index is 0.00000256. The van der Waals surface area contributed by atoms with Gasteiger partial charge in [-0.2, -0.15) is 0 Å². The quantitative estimate of drug-likeness (QED) is 0.458. The number of Topliss-reactive ketones (excluding diaryl/α,β-unsaturated/α-hetero) is 1. The Morgan fingerprint density at radius 3 is 2.70 bits per heavy atom. The van der Waals surface area contributed by atoms with E-state index in [2.05, 4.69) is 18.7 Å². The maximum Gasteiger partial charge on any atom is 0.161 e. The molecule has 0 bridgehead atoms. The van der Waals surface area contributed by atoms with Crippen molar-refractivity contribution in [2.24, 2.45) is 5.92 Å². The summed E-state index contributed by atoms with van der Waals surface area (Å²) in [5.41, 5.74) is 0.812. The van der Waals surface area contributed by atoms with Crippen LogP contribution >= 0.6 is 0 Å². The first-order valence-electron chi connectivity index (χ1n) is 11.9. The molecule has 1 fully saturated rings. The van der Waals surface area contributed by atoms with Crippen molar-refractivity contribution in [3.63, 3.8) is 0 Å². The summed E-state index contributed by atoms with van der Waals surface area (Å²) in [5, 5.41) is 11.2. The summed E-state index contributed by atoms with van der Waals surface area (Å²) in [5.74, 6) is 1.59. The molecule has 0 aliphatic carbocycles. The molecule has 1 N–H and O–H groups in total. The number of benzene rings is 1. The van der Waals surface area contributed by atoms with Gasteiger partial charge in [-0.05, 0) is 50.4 Å². The summed E-state index contributed by atoms with van der Waals surface area (Å²) in [4.78, 5) is 15.2. The van der Waals surface area contributed by atoms with Gasteiger partial charge in [-0.1, -0.05) is 38.7 Å². The van der Waals surface area contributed by atoms with E-state index in [1.807, 2.05) is 18.2 Å². The molecule has 30 heavy (non-hydrogen) atoms. The molecule has 1 saturated heterocycles. The second-order valence-corrected chi connectivity index (χ2v) is 9.00. The summed E-state index contributed by atoms with van der Waals surface area (Å²) in [6, 6.07) is 6.19. The molecule has 2 heterocycles. The van der Waals surface area contributed by atoms with Crippen molar-refractivity contribution in [2.45, 2.75) is 83.8 Å². The van der Waals surface area contributed by atoms with Crippen LogP contribution < -0.4 is 9.47 Å². The van der Waals surface area contributed by atoms with Gasteiger partial charge in [-0.25, -0.2) is 0 Å². The van der Waals surface area contributed by atoms with Crippen molar-refractivity contribution in [1.29, 1.82) is 0 Å². The van der Waals surface area contributed by atoms with Gasteiger partial charge in [0.25, 0.3) is 0 Å². The fraction of sp³-hybridized carbons (Fsp3) is 0.720. The number of likely N-dealkylation sites (tertiary alicyclic amines) is 1. The lowest BCUT2D eigenvalue weighted by atomic mass is 9.89. The number of aliphatic hydroxyl groups excluding tert-OH is 1. The molecule has 2 aliphatic heterocycles. The van der Waals surface area contributed by atoms with E-state index in [0.29, 0.717) is 37.8 Å². The second-order valence-electron chi connectivity index (χ2n) is 9.00. The summed E-state index contributed by atoms with van der Waals surface area (Å²) >= 11 is 0. The minimum absolute atomic E-state index is 0. The van der Waals surface area contributed by atoms with E-state index in [0.717, 1.165) is 37.2 Å². The first-order chi connectivity index (χ1) is 14.6. The Morgan fingerprint density at radius 1 is 1.20 bits per heavy atom. The molecular formula is C25H43NO4. The number of ether oxygens (including phenoxy) is 2. The highest BCUT2D eigenvalue weighted by Crippen LogP contribution is 2.36. The lowest BCUT2D eigenvalue weighted by Crippen LogP contribution is -2.35. The van der Waals surface area contributed by atoms with Gasteiger partial charge in [-0.3, -0.25) is 4.79 Å². The van der Waals surface area contributed by atoms with E-state index in [1.165, 1.54) is 32.1 Å². The second kappa shape index (κ2) is 11.7. The molecule has 0 aromatic heterocycles. The average molecular weight is 422 g/mol. The highest BCUT2D eigenvalue weighted by Gasteiger charge is 2.30. The smallest absolute Gasteiger partial charge is 0.161 e. The Morgan fingerprint density at radius 2 is 1.97 bits per heavy atom. The van der Waals surface area contributed by atoms with E-state index in [4.69, 9.17) is 9.47 Å². The van der Waals surface area contributed by atoms with E-state index in [-0.39, 0.29) is 14.6 Å². The number of rotatable bonds is 12. The van der Waals surface area contributed by atoms with Crippen molar-refractivity contribution in [3.8, 4) is 11.5 Å². The number of carbonyl (C=O) groups excluding carboxylic acids is 1. The third-order valence-corrected chi connectivity index (χ3v) is 6.56. The van der Waals surface area contributed by atoms with E-state index >= 15 is 0 Å².